The highest BCUT2D eigenvalue weighted by Gasteiger charge is 2.17. The molecule has 0 amide bonds. The lowest BCUT2D eigenvalue weighted by atomic mass is 9.98. The van der Waals surface area contributed by atoms with E-state index in [-0.39, 0.29) is 12.7 Å². The van der Waals surface area contributed by atoms with E-state index in [0.717, 1.165) is 64.2 Å². The number of rotatable bonds is 16. The molecule has 0 radical (unpaired) electrons. The second-order valence-electron chi connectivity index (χ2n) is 6.50. The van der Waals surface area contributed by atoms with Crippen LogP contribution in [0.5, 0.6) is 0 Å². The predicted molar refractivity (Wildman–Crippen MR) is 90.8 cm³/mol. The molecule has 0 aliphatic rings. The van der Waals surface area contributed by atoms with E-state index in [4.69, 9.17) is 5.11 Å². The largest absolute Gasteiger partial charge is 0.396 e. The summed E-state index contributed by atoms with van der Waals surface area (Å²) in [6, 6.07) is 0. The SMILES string of the molecule is CCCCCC(O)CCC(O)C(O)CCCCCCCCO. The molecule has 0 rings (SSSR count). The molecule has 0 aromatic rings. The van der Waals surface area contributed by atoms with Crippen molar-refractivity contribution >= 4 is 0 Å². The normalized spacial score (nSPS) is 15.7. The summed E-state index contributed by atoms with van der Waals surface area (Å²) in [7, 11) is 0. The van der Waals surface area contributed by atoms with E-state index in [0.29, 0.717) is 19.3 Å². The van der Waals surface area contributed by atoms with Crippen molar-refractivity contribution in [2.24, 2.45) is 0 Å². The summed E-state index contributed by atoms with van der Waals surface area (Å²) in [5.74, 6) is 0. The van der Waals surface area contributed by atoms with Crippen molar-refractivity contribution in [3.05, 3.63) is 0 Å². The fourth-order valence-electron chi connectivity index (χ4n) is 2.69. The van der Waals surface area contributed by atoms with Crippen LogP contribution in [0.2, 0.25) is 0 Å². The lowest BCUT2D eigenvalue weighted by Crippen LogP contribution is -2.27. The molecule has 0 bridgehead atoms. The maximum atomic E-state index is 9.92. The highest BCUT2D eigenvalue weighted by molar-refractivity contribution is 4.69. The first-order valence-corrected chi connectivity index (χ1v) is 9.26. The van der Waals surface area contributed by atoms with Gasteiger partial charge in [0, 0.05) is 6.61 Å². The van der Waals surface area contributed by atoms with E-state index in [1.54, 1.807) is 0 Å². The smallest absolute Gasteiger partial charge is 0.0800 e. The first kappa shape index (κ1) is 21.8. The van der Waals surface area contributed by atoms with Gasteiger partial charge in [0.25, 0.3) is 0 Å². The molecule has 4 N–H and O–H groups in total. The molecule has 3 atom stereocenters. The van der Waals surface area contributed by atoms with E-state index in [2.05, 4.69) is 6.92 Å². The van der Waals surface area contributed by atoms with Crippen LogP contribution in [-0.2, 0) is 0 Å². The number of aliphatic hydroxyl groups is 4. The average molecular weight is 318 g/mol. The second kappa shape index (κ2) is 15.7. The summed E-state index contributed by atoms with van der Waals surface area (Å²) in [4.78, 5) is 0. The van der Waals surface area contributed by atoms with Crippen LogP contribution in [0.1, 0.15) is 90.4 Å². The first-order chi connectivity index (χ1) is 10.6. The van der Waals surface area contributed by atoms with Crippen molar-refractivity contribution in [3.63, 3.8) is 0 Å². The third kappa shape index (κ3) is 13.5. The van der Waals surface area contributed by atoms with Crippen LogP contribution in [0.4, 0.5) is 0 Å². The van der Waals surface area contributed by atoms with E-state index >= 15 is 0 Å². The van der Waals surface area contributed by atoms with E-state index in [9.17, 15) is 15.3 Å². The zero-order chi connectivity index (χ0) is 16.6. The lowest BCUT2D eigenvalue weighted by molar-refractivity contribution is -0.000437. The number of aliphatic hydroxyl groups excluding tert-OH is 4. The molecule has 0 fully saturated rings. The Bertz CT molecular complexity index is 223. The third-order valence-corrected chi connectivity index (χ3v) is 4.29. The van der Waals surface area contributed by atoms with Crippen molar-refractivity contribution in [3.8, 4) is 0 Å². The molecule has 4 heteroatoms. The van der Waals surface area contributed by atoms with Gasteiger partial charge in [-0.2, -0.15) is 0 Å². The van der Waals surface area contributed by atoms with Crippen molar-refractivity contribution in [2.45, 2.75) is 109 Å². The molecule has 0 aliphatic heterocycles. The topological polar surface area (TPSA) is 80.9 Å². The van der Waals surface area contributed by atoms with Crippen molar-refractivity contribution < 1.29 is 20.4 Å². The fourth-order valence-corrected chi connectivity index (χ4v) is 2.69. The maximum absolute atomic E-state index is 9.92. The summed E-state index contributed by atoms with van der Waals surface area (Å²) < 4.78 is 0. The molecular formula is C18H38O4. The van der Waals surface area contributed by atoms with Gasteiger partial charge in [0.15, 0.2) is 0 Å². The van der Waals surface area contributed by atoms with Gasteiger partial charge in [-0.1, -0.05) is 58.3 Å². The van der Waals surface area contributed by atoms with Crippen molar-refractivity contribution in [2.75, 3.05) is 6.61 Å². The Balaban J connectivity index is 3.51. The summed E-state index contributed by atoms with van der Waals surface area (Å²) in [6.07, 6.45) is 10.3. The quantitative estimate of drug-likeness (QED) is 0.330. The van der Waals surface area contributed by atoms with Crippen LogP contribution in [0.3, 0.4) is 0 Å². The van der Waals surface area contributed by atoms with Crippen LogP contribution < -0.4 is 0 Å². The van der Waals surface area contributed by atoms with Crippen LogP contribution in [0, 0.1) is 0 Å². The molecule has 0 spiro atoms. The molecule has 0 aromatic heterocycles. The molecule has 3 unspecified atom stereocenters. The maximum Gasteiger partial charge on any atom is 0.0800 e. The van der Waals surface area contributed by atoms with Gasteiger partial charge in [0.2, 0.25) is 0 Å². The Morgan fingerprint density at radius 1 is 0.591 bits per heavy atom. The van der Waals surface area contributed by atoms with Crippen LogP contribution in [0.25, 0.3) is 0 Å². The van der Waals surface area contributed by atoms with Crippen LogP contribution in [0.15, 0.2) is 0 Å². The molecule has 134 valence electrons. The van der Waals surface area contributed by atoms with Gasteiger partial charge in [0.05, 0.1) is 18.3 Å². The van der Waals surface area contributed by atoms with E-state index in [1.807, 2.05) is 0 Å². The van der Waals surface area contributed by atoms with Crippen molar-refractivity contribution in [1.82, 2.24) is 0 Å². The first-order valence-electron chi connectivity index (χ1n) is 9.26. The molecular weight excluding hydrogens is 280 g/mol. The van der Waals surface area contributed by atoms with Crippen molar-refractivity contribution in [1.29, 1.82) is 0 Å². The van der Waals surface area contributed by atoms with Gasteiger partial charge in [-0.15, -0.1) is 0 Å². The zero-order valence-electron chi connectivity index (χ0n) is 14.4. The minimum absolute atomic E-state index is 0.273. The van der Waals surface area contributed by atoms with E-state index in [1.165, 1.54) is 0 Å². The second-order valence-corrected chi connectivity index (χ2v) is 6.50. The Hall–Kier alpha value is -0.160. The zero-order valence-corrected chi connectivity index (χ0v) is 14.4. The van der Waals surface area contributed by atoms with Gasteiger partial charge in [0.1, 0.15) is 0 Å². The van der Waals surface area contributed by atoms with Crippen LogP contribution in [-0.4, -0.2) is 45.3 Å². The Kier molecular flexibility index (Phi) is 15.6. The van der Waals surface area contributed by atoms with Gasteiger partial charge in [-0.25, -0.2) is 0 Å². The van der Waals surface area contributed by atoms with Gasteiger partial charge >= 0.3 is 0 Å². The lowest BCUT2D eigenvalue weighted by Gasteiger charge is -2.19. The Labute approximate surface area is 136 Å². The Morgan fingerprint density at radius 2 is 1.14 bits per heavy atom. The molecule has 0 heterocycles. The van der Waals surface area contributed by atoms with Gasteiger partial charge in [-0.3, -0.25) is 0 Å². The molecule has 0 aliphatic carbocycles. The monoisotopic (exact) mass is 318 g/mol. The predicted octanol–water partition coefficient (Wildman–Crippen LogP) is 3.15. The fraction of sp³-hybridized carbons (Fsp3) is 1.00. The number of unbranched alkanes of at least 4 members (excludes halogenated alkanes) is 7. The van der Waals surface area contributed by atoms with Crippen LogP contribution >= 0.6 is 0 Å². The number of hydrogen-bond acceptors (Lipinski definition) is 4. The molecule has 0 saturated heterocycles. The minimum Gasteiger partial charge on any atom is -0.396 e. The van der Waals surface area contributed by atoms with Gasteiger partial charge < -0.3 is 20.4 Å². The summed E-state index contributed by atoms with van der Waals surface area (Å²) in [5.41, 5.74) is 0. The highest BCUT2D eigenvalue weighted by Crippen LogP contribution is 2.15. The molecule has 0 aromatic carbocycles. The third-order valence-electron chi connectivity index (χ3n) is 4.29. The van der Waals surface area contributed by atoms with E-state index < -0.39 is 12.2 Å². The summed E-state index contributed by atoms with van der Waals surface area (Å²) >= 11 is 0. The standard InChI is InChI=1S/C18H38O4/c1-2-3-8-11-16(20)13-14-18(22)17(21)12-9-6-4-5-7-10-15-19/h16-22H,2-15H2,1H3. The minimum atomic E-state index is -0.713. The summed E-state index contributed by atoms with van der Waals surface area (Å²) in [6.45, 7) is 2.41. The molecule has 4 nitrogen and oxygen atoms in total. The summed E-state index contributed by atoms with van der Waals surface area (Å²) in [5, 5.41) is 38.3. The van der Waals surface area contributed by atoms with Gasteiger partial charge in [-0.05, 0) is 32.1 Å². The average Bonchev–Trinajstić information content (AvgIpc) is 2.51. The Morgan fingerprint density at radius 3 is 1.77 bits per heavy atom. The number of hydrogen-bond donors (Lipinski definition) is 4. The molecule has 22 heavy (non-hydrogen) atoms. The molecule has 0 saturated carbocycles. The highest BCUT2D eigenvalue weighted by atomic mass is 16.3.